The van der Waals surface area contributed by atoms with Gasteiger partial charge in [0.05, 0.1) is 13.7 Å². The van der Waals surface area contributed by atoms with E-state index in [-0.39, 0.29) is 18.5 Å². The second-order valence-corrected chi connectivity index (χ2v) is 7.05. The van der Waals surface area contributed by atoms with Crippen LogP contribution < -0.4 is 15.4 Å². The SMILES string of the molecule is CNC(=O)NC(=O)CN(Cc1ccc(OC)cc1)C(C)Cc1cccs1. The van der Waals surface area contributed by atoms with Crippen molar-refractivity contribution < 1.29 is 14.3 Å². The van der Waals surface area contributed by atoms with Gasteiger partial charge < -0.3 is 10.1 Å². The van der Waals surface area contributed by atoms with E-state index in [1.807, 2.05) is 35.7 Å². The van der Waals surface area contributed by atoms with Crippen molar-refractivity contribution in [2.75, 3.05) is 20.7 Å². The van der Waals surface area contributed by atoms with Gasteiger partial charge in [-0.25, -0.2) is 4.79 Å². The minimum atomic E-state index is -0.495. The standard InChI is InChI=1S/C19H25N3O3S/c1-14(11-17-5-4-10-26-17)22(13-18(23)21-19(24)20-2)12-15-6-8-16(25-3)9-7-15/h4-10,14H,11-13H2,1-3H3,(H2,20,21,23,24). The number of carbonyl (C=O) groups excluding carboxylic acids is 2. The molecule has 140 valence electrons. The normalized spacial score (nSPS) is 11.8. The maximum Gasteiger partial charge on any atom is 0.321 e. The Morgan fingerprint density at radius 3 is 2.54 bits per heavy atom. The Labute approximate surface area is 158 Å². The van der Waals surface area contributed by atoms with Gasteiger partial charge in [-0.05, 0) is 42.5 Å². The lowest BCUT2D eigenvalue weighted by molar-refractivity contribution is -0.121. The quantitative estimate of drug-likeness (QED) is 0.744. The first-order valence-electron chi connectivity index (χ1n) is 8.42. The highest BCUT2D eigenvalue weighted by molar-refractivity contribution is 7.09. The average Bonchev–Trinajstić information content (AvgIpc) is 3.14. The lowest BCUT2D eigenvalue weighted by Gasteiger charge is -2.28. The molecule has 0 aliphatic rings. The van der Waals surface area contributed by atoms with Crippen molar-refractivity contribution in [3.8, 4) is 5.75 Å². The van der Waals surface area contributed by atoms with Gasteiger partial charge in [-0.2, -0.15) is 0 Å². The van der Waals surface area contributed by atoms with E-state index in [9.17, 15) is 9.59 Å². The summed E-state index contributed by atoms with van der Waals surface area (Å²) in [5, 5.41) is 6.78. The Morgan fingerprint density at radius 2 is 1.96 bits per heavy atom. The zero-order valence-electron chi connectivity index (χ0n) is 15.3. The molecule has 0 aliphatic carbocycles. The number of hydrogen-bond acceptors (Lipinski definition) is 5. The average molecular weight is 375 g/mol. The van der Waals surface area contributed by atoms with Crippen molar-refractivity contribution in [3.05, 3.63) is 52.2 Å². The number of hydrogen-bond donors (Lipinski definition) is 2. The number of methoxy groups -OCH3 is 1. The lowest BCUT2D eigenvalue weighted by atomic mass is 10.1. The monoisotopic (exact) mass is 375 g/mol. The van der Waals surface area contributed by atoms with Crippen LogP contribution in [0.4, 0.5) is 4.79 Å². The molecular weight excluding hydrogens is 350 g/mol. The van der Waals surface area contributed by atoms with Crippen molar-refractivity contribution >= 4 is 23.3 Å². The van der Waals surface area contributed by atoms with Gasteiger partial charge in [-0.3, -0.25) is 15.0 Å². The molecule has 0 fully saturated rings. The summed E-state index contributed by atoms with van der Waals surface area (Å²) in [6, 6.07) is 11.6. The first kappa shape index (κ1) is 19.9. The molecule has 26 heavy (non-hydrogen) atoms. The minimum Gasteiger partial charge on any atom is -0.497 e. The largest absolute Gasteiger partial charge is 0.497 e. The van der Waals surface area contributed by atoms with Crippen LogP contribution in [0.25, 0.3) is 0 Å². The maximum atomic E-state index is 12.2. The van der Waals surface area contributed by atoms with Crippen molar-refractivity contribution in [1.82, 2.24) is 15.5 Å². The predicted octanol–water partition coefficient (Wildman–Crippen LogP) is 2.65. The Bertz CT molecular complexity index is 701. The summed E-state index contributed by atoms with van der Waals surface area (Å²) >= 11 is 1.71. The number of ether oxygens (including phenoxy) is 1. The molecule has 0 bridgehead atoms. The Kier molecular flexibility index (Phi) is 7.62. The molecule has 2 N–H and O–H groups in total. The molecule has 1 atom stereocenters. The predicted molar refractivity (Wildman–Crippen MR) is 103 cm³/mol. The molecule has 0 saturated heterocycles. The molecule has 0 aliphatic heterocycles. The molecule has 1 unspecified atom stereocenters. The Hall–Kier alpha value is -2.38. The highest BCUT2D eigenvalue weighted by Crippen LogP contribution is 2.18. The van der Waals surface area contributed by atoms with Crippen molar-refractivity contribution in [2.45, 2.75) is 25.9 Å². The van der Waals surface area contributed by atoms with Crippen LogP contribution in [-0.4, -0.2) is 43.6 Å². The van der Waals surface area contributed by atoms with E-state index < -0.39 is 6.03 Å². The number of nitrogens with one attached hydrogen (secondary N) is 2. The smallest absolute Gasteiger partial charge is 0.321 e. The second kappa shape index (κ2) is 9.94. The number of urea groups is 1. The van der Waals surface area contributed by atoms with Crippen LogP contribution in [0.2, 0.25) is 0 Å². The molecule has 1 aromatic carbocycles. The summed E-state index contributed by atoms with van der Waals surface area (Å²) in [7, 11) is 3.12. The van der Waals surface area contributed by atoms with Gasteiger partial charge in [0.2, 0.25) is 5.91 Å². The third-order valence-electron chi connectivity index (χ3n) is 4.07. The van der Waals surface area contributed by atoms with Gasteiger partial charge >= 0.3 is 6.03 Å². The minimum absolute atomic E-state index is 0.145. The molecule has 0 spiro atoms. The fourth-order valence-corrected chi connectivity index (χ4v) is 3.42. The molecule has 0 radical (unpaired) electrons. The maximum absolute atomic E-state index is 12.2. The third-order valence-corrected chi connectivity index (χ3v) is 4.97. The zero-order chi connectivity index (χ0) is 18.9. The second-order valence-electron chi connectivity index (χ2n) is 6.01. The topological polar surface area (TPSA) is 70.7 Å². The third kappa shape index (κ3) is 6.16. The Balaban J connectivity index is 2.08. The van der Waals surface area contributed by atoms with Gasteiger partial charge in [0.25, 0.3) is 0 Å². The van der Waals surface area contributed by atoms with Crippen molar-refractivity contribution in [3.63, 3.8) is 0 Å². The molecule has 0 saturated carbocycles. The number of rotatable bonds is 8. The highest BCUT2D eigenvalue weighted by Gasteiger charge is 2.19. The fraction of sp³-hybridized carbons (Fsp3) is 0.368. The zero-order valence-corrected chi connectivity index (χ0v) is 16.1. The molecule has 3 amide bonds. The van der Waals surface area contributed by atoms with Crippen LogP contribution in [0.1, 0.15) is 17.4 Å². The molecule has 1 heterocycles. The first-order valence-corrected chi connectivity index (χ1v) is 9.30. The summed E-state index contributed by atoms with van der Waals surface area (Å²) in [6.45, 7) is 2.85. The molecule has 6 nitrogen and oxygen atoms in total. The van der Waals surface area contributed by atoms with Crippen LogP contribution in [0.3, 0.4) is 0 Å². The summed E-state index contributed by atoms with van der Waals surface area (Å²) in [5.74, 6) is 0.472. The first-order chi connectivity index (χ1) is 12.5. The number of imide groups is 1. The van der Waals surface area contributed by atoms with Crippen LogP contribution in [0, 0.1) is 0 Å². The summed E-state index contributed by atoms with van der Waals surface area (Å²) in [4.78, 5) is 26.9. The van der Waals surface area contributed by atoms with Crippen LogP contribution in [-0.2, 0) is 17.8 Å². The molecule has 1 aromatic heterocycles. The molecular formula is C19H25N3O3S. The molecule has 2 aromatic rings. The van der Waals surface area contributed by atoms with Gasteiger partial charge in [-0.1, -0.05) is 18.2 Å². The van der Waals surface area contributed by atoms with E-state index in [0.29, 0.717) is 6.54 Å². The lowest BCUT2D eigenvalue weighted by Crippen LogP contribution is -2.46. The van der Waals surface area contributed by atoms with Gasteiger partial charge in [0, 0.05) is 24.5 Å². The van der Waals surface area contributed by atoms with E-state index in [0.717, 1.165) is 17.7 Å². The molecule has 2 rings (SSSR count). The van der Waals surface area contributed by atoms with Crippen LogP contribution in [0.15, 0.2) is 41.8 Å². The van der Waals surface area contributed by atoms with Crippen molar-refractivity contribution in [1.29, 1.82) is 0 Å². The van der Waals surface area contributed by atoms with E-state index >= 15 is 0 Å². The van der Waals surface area contributed by atoms with Crippen LogP contribution in [0.5, 0.6) is 5.75 Å². The van der Waals surface area contributed by atoms with Crippen LogP contribution >= 0.6 is 11.3 Å². The highest BCUT2D eigenvalue weighted by atomic mass is 32.1. The van der Waals surface area contributed by atoms with E-state index in [1.165, 1.54) is 11.9 Å². The van der Waals surface area contributed by atoms with E-state index in [1.54, 1.807) is 18.4 Å². The fourth-order valence-electron chi connectivity index (χ4n) is 2.60. The summed E-state index contributed by atoms with van der Waals surface area (Å²) in [5.41, 5.74) is 1.08. The molecule has 7 heteroatoms. The Morgan fingerprint density at radius 1 is 1.23 bits per heavy atom. The summed E-state index contributed by atoms with van der Waals surface area (Å²) in [6.07, 6.45) is 0.848. The number of thiophene rings is 1. The van der Waals surface area contributed by atoms with E-state index in [4.69, 9.17) is 4.74 Å². The number of nitrogens with zero attached hydrogens (tertiary/aromatic N) is 1. The number of benzene rings is 1. The van der Waals surface area contributed by atoms with E-state index in [2.05, 4.69) is 28.5 Å². The van der Waals surface area contributed by atoms with Crippen molar-refractivity contribution in [2.24, 2.45) is 0 Å². The number of amides is 3. The van der Waals surface area contributed by atoms with Gasteiger partial charge in [0.1, 0.15) is 5.75 Å². The summed E-state index contributed by atoms with van der Waals surface area (Å²) < 4.78 is 5.19. The number of carbonyl (C=O) groups is 2. The van der Waals surface area contributed by atoms with Gasteiger partial charge in [0.15, 0.2) is 0 Å². The van der Waals surface area contributed by atoms with Gasteiger partial charge in [-0.15, -0.1) is 11.3 Å².